The van der Waals surface area contributed by atoms with Crippen LogP contribution in [0.1, 0.15) is 19.4 Å². The van der Waals surface area contributed by atoms with Crippen LogP contribution in [-0.4, -0.2) is 52.2 Å². The van der Waals surface area contributed by atoms with E-state index in [0.29, 0.717) is 45.2 Å². The Morgan fingerprint density at radius 1 is 0.931 bits per heavy atom. The number of benzene rings is 2. The highest BCUT2D eigenvalue weighted by molar-refractivity contribution is 5.94. The maximum Gasteiger partial charge on any atom is 0.333 e. The van der Waals surface area contributed by atoms with Gasteiger partial charge in [-0.1, -0.05) is 30.8 Å². The number of rotatable bonds is 13. The van der Waals surface area contributed by atoms with Crippen LogP contribution in [0.3, 0.4) is 0 Å². The van der Waals surface area contributed by atoms with E-state index in [2.05, 4.69) is 6.58 Å². The third-order valence-electron chi connectivity index (χ3n) is 4.10. The molecule has 2 aromatic rings. The van der Waals surface area contributed by atoms with Crippen molar-refractivity contribution >= 4 is 16.7 Å². The van der Waals surface area contributed by atoms with Gasteiger partial charge in [-0.2, -0.15) is 0 Å². The summed E-state index contributed by atoms with van der Waals surface area (Å²) in [5.41, 5.74) is 1.41. The van der Waals surface area contributed by atoms with Crippen molar-refractivity contribution in [3.8, 4) is 11.5 Å². The van der Waals surface area contributed by atoms with Crippen LogP contribution in [0.15, 0.2) is 42.5 Å². The lowest BCUT2D eigenvalue weighted by Gasteiger charge is -2.16. The summed E-state index contributed by atoms with van der Waals surface area (Å²) in [6.45, 7) is 12.0. The van der Waals surface area contributed by atoms with Gasteiger partial charge in [-0.15, -0.1) is 0 Å². The average molecular weight is 402 g/mol. The van der Waals surface area contributed by atoms with Gasteiger partial charge < -0.3 is 23.7 Å². The van der Waals surface area contributed by atoms with E-state index in [4.69, 9.17) is 23.7 Å². The first-order chi connectivity index (χ1) is 14.0. The fraction of sp³-hybridized carbons (Fsp3) is 0.435. The number of fused-ring (bicyclic) bond motifs is 1. The SMILES string of the molecule is C=C(C)C(=O)OCCOCCOCCOc1c(C)cc(OCC)c2ccccc12. The van der Waals surface area contributed by atoms with Gasteiger partial charge in [0.05, 0.1) is 33.0 Å². The first-order valence-electron chi connectivity index (χ1n) is 9.80. The highest BCUT2D eigenvalue weighted by atomic mass is 16.6. The van der Waals surface area contributed by atoms with E-state index < -0.39 is 5.97 Å². The molecule has 0 aliphatic carbocycles. The van der Waals surface area contributed by atoms with E-state index in [1.165, 1.54) is 0 Å². The minimum absolute atomic E-state index is 0.207. The smallest absolute Gasteiger partial charge is 0.333 e. The second kappa shape index (κ2) is 12.1. The zero-order valence-corrected chi connectivity index (χ0v) is 17.5. The van der Waals surface area contributed by atoms with Crippen molar-refractivity contribution in [2.24, 2.45) is 0 Å². The molecule has 0 atom stereocenters. The van der Waals surface area contributed by atoms with Gasteiger partial charge in [-0.3, -0.25) is 0 Å². The minimum Gasteiger partial charge on any atom is -0.493 e. The molecule has 0 saturated carbocycles. The van der Waals surface area contributed by atoms with Crippen LogP contribution in [0, 0.1) is 6.92 Å². The molecule has 158 valence electrons. The minimum atomic E-state index is -0.404. The van der Waals surface area contributed by atoms with Crippen LogP contribution in [0.2, 0.25) is 0 Å². The Bertz CT molecular complexity index is 814. The summed E-state index contributed by atoms with van der Waals surface area (Å²) >= 11 is 0. The largest absolute Gasteiger partial charge is 0.493 e. The third kappa shape index (κ3) is 7.07. The van der Waals surface area contributed by atoms with E-state index in [0.717, 1.165) is 27.8 Å². The highest BCUT2D eigenvalue weighted by Crippen LogP contribution is 2.36. The van der Waals surface area contributed by atoms with Gasteiger partial charge in [-0.05, 0) is 32.4 Å². The van der Waals surface area contributed by atoms with Crippen LogP contribution in [0.5, 0.6) is 11.5 Å². The van der Waals surface area contributed by atoms with E-state index in [-0.39, 0.29) is 6.61 Å². The monoisotopic (exact) mass is 402 g/mol. The maximum absolute atomic E-state index is 11.2. The van der Waals surface area contributed by atoms with Gasteiger partial charge in [0, 0.05) is 16.3 Å². The summed E-state index contributed by atoms with van der Waals surface area (Å²) in [7, 11) is 0. The van der Waals surface area contributed by atoms with Crippen molar-refractivity contribution in [1.82, 2.24) is 0 Å². The van der Waals surface area contributed by atoms with Crippen LogP contribution < -0.4 is 9.47 Å². The molecular formula is C23H30O6. The van der Waals surface area contributed by atoms with Gasteiger partial charge in [0.1, 0.15) is 24.7 Å². The molecule has 2 rings (SSSR count). The molecule has 0 bridgehead atoms. The molecule has 0 aliphatic heterocycles. The second-order valence-electron chi connectivity index (χ2n) is 6.49. The number of hydrogen-bond acceptors (Lipinski definition) is 6. The van der Waals surface area contributed by atoms with Gasteiger partial charge >= 0.3 is 5.97 Å². The van der Waals surface area contributed by atoms with Crippen LogP contribution >= 0.6 is 0 Å². The number of hydrogen-bond donors (Lipinski definition) is 0. The van der Waals surface area contributed by atoms with Crippen molar-refractivity contribution in [1.29, 1.82) is 0 Å². The van der Waals surface area contributed by atoms with E-state index in [1.807, 2.05) is 44.2 Å². The Hall–Kier alpha value is -2.57. The Morgan fingerprint density at radius 2 is 1.55 bits per heavy atom. The Morgan fingerprint density at radius 3 is 2.21 bits per heavy atom. The molecule has 6 nitrogen and oxygen atoms in total. The normalized spacial score (nSPS) is 10.7. The van der Waals surface area contributed by atoms with Crippen molar-refractivity contribution in [2.45, 2.75) is 20.8 Å². The zero-order chi connectivity index (χ0) is 21.1. The predicted octanol–water partition coefficient (Wildman–Crippen LogP) is 4.08. The molecule has 29 heavy (non-hydrogen) atoms. The number of carbonyl (C=O) groups is 1. The topological polar surface area (TPSA) is 63.2 Å². The summed E-state index contributed by atoms with van der Waals surface area (Å²) < 4.78 is 27.6. The van der Waals surface area contributed by atoms with Crippen molar-refractivity contribution in [3.63, 3.8) is 0 Å². The summed E-state index contributed by atoms with van der Waals surface area (Å²) in [6.07, 6.45) is 0. The van der Waals surface area contributed by atoms with Crippen molar-refractivity contribution in [2.75, 3.05) is 46.2 Å². The molecule has 0 heterocycles. The Kier molecular flexibility index (Phi) is 9.47. The van der Waals surface area contributed by atoms with Crippen LogP contribution in [0.25, 0.3) is 10.8 Å². The fourth-order valence-electron chi connectivity index (χ4n) is 2.76. The molecule has 0 unspecified atom stereocenters. The van der Waals surface area contributed by atoms with E-state index in [9.17, 15) is 4.79 Å². The van der Waals surface area contributed by atoms with Gasteiger partial charge in [0.15, 0.2) is 0 Å². The molecular weight excluding hydrogens is 372 g/mol. The standard InChI is InChI=1S/C23H30O6/c1-5-27-21-16-18(4)22(20-9-7-6-8-19(20)21)28-14-12-25-10-11-26-13-15-29-23(24)17(2)3/h6-9,16H,2,5,10-15H2,1,3-4H3. The number of carbonyl (C=O) groups excluding carboxylic acids is 1. The molecule has 0 spiro atoms. The molecule has 2 aromatic carbocycles. The summed E-state index contributed by atoms with van der Waals surface area (Å²) in [5, 5.41) is 2.07. The Balaban J connectivity index is 1.70. The molecule has 0 aromatic heterocycles. The van der Waals surface area contributed by atoms with Crippen LogP contribution in [0.4, 0.5) is 0 Å². The fourth-order valence-corrected chi connectivity index (χ4v) is 2.76. The molecule has 0 saturated heterocycles. The summed E-state index contributed by atoms with van der Waals surface area (Å²) in [4.78, 5) is 11.2. The molecule has 0 radical (unpaired) electrons. The lowest BCUT2D eigenvalue weighted by Crippen LogP contribution is -2.14. The second-order valence-corrected chi connectivity index (χ2v) is 6.49. The molecule has 0 N–H and O–H groups in total. The maximum atomic E-state index is 11.2. The number of esters is 1. The first-order valence-corrected chi connectivity index (χ1v) is 9.80. The zero-order valence-electron chi connectivity index (χ0n) is 17.5. The molecule has 6 heteroatoms. The summed E-state index contributed by atoms with van der Waals surface area (Å²) in [5.74, 6) is 1.32. The van der Waals surface area contributed by atoms with Gasteiger partial charge in [0.25, 0.3) is 0 Å². The van der Waals surface area contributed by atoms with Crippen molar-refractivity contribution < 1.29 is 28.5 Å². The lowest BCUT2D eigenvalue weighted by atomic mass is 10.0. The first kappa shape index (κ1) is 22.7. The van der Waals surface area contributed by atoms with Gasteiger partial charge in [-0.25, -0.2) is 4.79 Å². The third-order valence-corrected chi connectivity index (χ3v) is 4.10. The average Bonchev–Trinajstić information content (AvgIpc) is 2.71. The molecule has 0 fully saturated rings. The van der Waals surface area contributed by atoms with Crippen molar-refractivity contribution in [3.05, 3.63) is 48.0 Å². The molecule has 0 aliphatic rings. The van der Waals surface area contributed by atoms with Gasteiger partial charge in [0.2, 0.25) is 0 Å². The lowest BCUT2D eigenvalue weighted by molar-refractivity contribution is -0.140. The highest BCUT2D eigenvalue weighted by Gasteiger charge is 2.11. The number of ether oxygens (including phenoxy) is 5. The molecule has 0 amide bonds. The quantitative estimate of drug-likeness (QED) is 0.286. The van der Waals surface area contributed by atoms with Crippen LogP contribution in [-0.2, 0) is 19.0 Å². The predicted molar refractivity (Wildman–Crippen MR) is 113 cm³/mol. The summed E-state index contributed by atoms with van der Waals surface area (Å²) in [6, 6.07) is 10.1. The Labute approximate surface area is 172 Å². The van der Waals surface area contributed by atoms with E-state index >= 15 is 0 Å². The van der Waals surface area contributed by atoms with E-state index in [1.54, 1.807) is 6.92 Å². The number of aryl methyl sites for hydroxylation is 1.